The van der Waals surface area contributed by atoms with Crippen molar-refractivity contribution in [2.24, 2.45) is 5.92 Å². The van der Waals surface area contributed by atoms with Gasteiger partial charge in [-0.15, -0.1) is 0 Å². The molecule has 2 aromatic rings. The molecule has 2 amide bonds. The molecule has 2 aromatic carbocycles. The summed E-state index contributed by atoms with van der Waals surface area (Å²) in [5.41, 5.74) is 1.44. The largest absolute Gasteiger partial charge is 0.495 e. The summed E-state index contributed by atoms with van der Waals surface area (Å²) >= 11 is 6.01. The van der Waals surface area contributed by atoms with Crippen LogP contribution < -0.4 is 15.0 Å². The fourth-order valence-electron chi connectivity index (χ4n) is 4.09. The van der Waals surface area contributed by atoms with Crippen LogP contribution in [-0.2, 0) is 15.1 Å². The Kier molecular flexibility index (Phi) is 5.02. The summed E-state index contributed by atoms with van der Waals surface area (Å²) in [7, 11) is 1.58. The van der Waals surface area contributed by atoms with Gasteiger partial charge in [-0.3, -0.25) is 9.59 Å². The van der Waals surface area contributed by atoms with Gasteiger partial charge in [0.05, 0.1) is 24.3 Å². The highest BCUT2D eigenvalue weighted by atomic mass is 35.5. The van der Waals surface area contributed by atoms with E-state index in [0.29, 0.717) is 23.0 Å². The number of nitrogens with one attached hydrogen (secondary N) is 1. The Balaban J connectivity index is 1.50. The number of ether oxygens (including phenoxy) is 1. The lowest BCUT2D eigenvalue weighted by molar-refractivity contribution is -0.129. The Morgan fingerprint density at radius 2 is 1.89 bits per heavy atom. The van der Waals surface area contributed by atoms with E-state index in [2.05, 4.69) is 5.32 Å². The van der Waals surface area contributed by atoms with E-state index in [9.17, 15) is 9.59 Å². The molecule has 1 heterocycles. The summed E-state index contributed by atoms with van der Waals surface area (Å²) in [6.45, 7) is 0.363. The van der Waals surface area contributed by atoms with Gasteiger partial charge in [0, 0.05) is 18.0 Å². The lowest BCUT2D eigenvalue weighted by Gasteiger charge is -2.43. The molecular weight excluding hydrogens is 376 g/mol. The first kappa shape index (κ1) is 18.8. The zero-order chi connectivity index (χ0) is 19.7. The Bertz CT molecular complexity index is 893. The van der Waals surface area contributed by atoms with E-state index in [-0.39, 0.29) is 29.7 Å². The van der Waals surface area contributed by atoms with Crippen molar-refractivity contribution in [3.05, 3.63) is 59.1 Å². The molecule has 0 radical (unpaired) electrons. The van der Waals surface area contributed by atoms with E-state index >= 15 is 0 Å². The first-order valence-corrected chi connectivity index (χ1v) is 9.92. The highest BCUT2D eigenvalue weighted by Gasteiger charge is 2.43. The molecule has 1 N–H and O–H groups in total. The zero-order valence-corrected chi connectivity index (χ0v) is 16.5. The minimum Gasteiger partial charge on any atom is -0.495 e. The molecule has 6 heteroatoms. The third-order valence-corrected chi connectivity index (χ3v) is 6.09. The van der Waals surface area contributed by atoms with Crippen LogP contribution in [0.1, 0.15) is 31.2 Å². The number of methoxy groups -OCH3 is 1. The lowest BCUT2D eigenvalue weighted by atomic mass is 9.71. The summed E-state index contributed by atoms with van der Waals surface area (Å²) in [5.74, 6) is 0.134. The van der Waals surface area contributed by atoms with Gasteiger partial charge in [0.15, 0.2) is 0 Å². The highest BCUT2D eigenvalue weighted by molar-refractivity contribution is 6.30. The van der Waals surface area contributed by atoms with Gasteiger partial charge in [0.2, 0.25) is 11.8 Å². The topological polar surface area (TPSA) is 58.6 Å². The van der Waals surface area contributed by atoms with E-state index in [1.54, 1.807) is 12.0 Å². The number of halogens is 1. The average molecular weight is 399 g/mol. The minimum atomic E-state index is -0.373. The standard InChI is InChI=1S/C22H23ClN2O3/c1-28-19-6-3-2-5-18(19)25-14-15(13-20(25)26)21(27)24-22(11-4-12-22)16-7-9-17(23)10-8-16/h2-3,5-10,15H,4,11-14H2,1H3,(H,24,27). The van der Waals surface area contributed by atoms with Gasteiger partial charge in [0.25, 0.3) is 0 Å². The van der Waals surface area contributed by atoms with Crippen LogP contribution >= 0.6 is 11.6 Å². The van der Waals surface area contributed by atoms with Crippen molar-refractivity contribution in [2.45, 2.75) is 31.2 Å². The highest BCUT2D eigenvalue weighted by Crippen LogP contribution is 2.42. The molecule has 1 saturated heterocycles. The third kappa shape index (κ3) is 3.35. The molecule has 28 heavy (non-hydrogen) atoms. The van der Waals surface area contributed by atoms with Crippen LogP contribution in [0.4, 0.5) is 5.69 Å². The molecule has 1 atom stereocenters. The second-order valence-electron chi connectivity index (χ2n) is 7.51. The summed E-state index contributed by atoms with van der Waals surface area (Å²) in [5, 5.41) is 3.92. The van der Waals surface area contributed by atoms with Crippen LogP contribution in [0.2, 0.25) is 5.02 Å². The predicted octanol–water partition coefficient (Wildman–Crippen LogP) is 3.90. The van der Waals surface area contributed by atoms with Gasteiger partial charge < -0.3 is 15.0 Å². The number of para-hydroxylation sites is 2. The van der Waals surface area contributed by atoms with E-state index in [1.165, 1.54) is 0 Å². The summed E-state index contributed by atoms with van der Waals surface area (Å²) in [4.78, 5) is 27.3. The Hall–Kier alpha value is -2.53. The van der Waals surface area contributed by atoms with Gasteiger partial charge in [-0.1, -0.05) is 35.9 Å². The molecular formula is C22H23ClN2O3. The summed E-state index contributed by atoms with van der Waals surface area (Å²) in [6, 6.07) is 15.0. The van der Waals surface area contributed by atoms with Crippen LogP contribution in [-0.4, -0.2) is 25.5 Å². The number of hydrogen-bond acceptors (Lipinski definition) is 3. The number of anilines is 1. The van der Waals surface area contributed by atoms with Crippen LogP contribution in [0.15, 0.2) is 48.5 Å². The number of carbonyl (C=O) groups excluding carboxylic acids is 2. The minimum absolute atomic E-state index is 0.0567. The van der Waals surface area contributed by atoms with Gasteiger partial charge in [-0.05, 0) is 49.1 Å². The lowest BCUT2D eigenvalue weighted by Crippen LogP contribution is -2.52. The molecule has 5 nitrogen and oxygen atoms in total. The van der Waals surface area contributed by atoms with Crippen LogP contribution in [0.25, 0.3) is 0 Å². The van der Waals surface area contributed by atoms with E-state index in [0.717, 1.165) is 24.8 Å². The maximum Gasteiger partial charge on any atom is 0.227 e. The molecule has 2 aliphatic rings. The molecule has 0 aromatic heterocycles. The molecule has 1 aliphatic carbocycles. The van der Waals surface area contributed by atoms with Crippen LogP contribution in [0.5, 0.6) is 5.75 Å². The van der Waals surface area contributed by atoms with E-state index in [4.69, 9.17) is 16.3 Å². The normalized spacial score (nSPS) is 20.6. The van der Waals surface area contributed by atoms with E-state index < -0.39 is 0 Å². The second kappa shape index (κ2) is 7.47. The molecule has 4 rings (SSSR count). The number of rotatable bonds is 5. The zero-order valence-electron chi connectivity index (χ0n) is 15.8. The molecule has 1 unspecified atom stereocenters. The van der Waals surface area contributed by atoms with Crippen molar-refractivity contribution < 1.29 is 14.3 Å². The Morgan fingerprint density at radius 1 is 1.18 bits per heavy atom. The fourth-order valence-corrected chi connectivity index (χ4v) is 4.22. The molecule has 146 valence electrons. The summed E-state index contributed by atoms with van der Waals surface area (Å²) in [6.07, 6.45) is 3.08. The smallest absolute Gasteiger partial charge is 0.227 e. The third-order valence-electron chi connectivity index (χ3n) is 5.84. The summed E-state index contributed by atoms with van der Waals surface area (Å²) < 4.78 is 5.37. The maximum atomic E-state index is 13.0. The van der Waals surface area contributed by atoms with E-state index in [1.807, 2.05) is 48.5 Å². The quantitative estimate of drug-likeness (QED) is 0.831. The van der Waals surface area contributed by atoms with Crippen molar-refractivity contribution in [3.8, 4) is 5.75 Å². The number of nitrogens with zero attached hydrogens (tertiary/aromatic N) is 1. The van der Waals surface area contributed by atoms with Crippen molar-refractivity contribution in [2.75, 3.05) is 18.6 Å². The van der Waals surface area contributed by atoms with Gasteiger partial charge in [-0.25, -0.2) is 0 Å². The number of carbonyl (C=O) groups is 2. The SMILES string of the molecule is COc1ccccc1N1CC(C(=O)NC2(c3ccc(Cl)cc3)CCC2)CC1=O. The van der Waals surface area contributed by atoms with Gasteiger partial charge in [-0.2, -0.15) is 0 Å². The first-order valence-electron chi connectivity index (χ1n) is 9.54. The predicted molar refractivity (Wildman–Crippen MR) is 109 cm³/mol. The average Bonchev–Trinajstić information content (AvgIpc) is 3.07. The second-order valence-corrected chi connectivity index (χ2v) is 7.95. The van der Waals surface area contributed by atoms with Crippen molar-refractivity contribution in [1.29, 1.82) is 0 Å². The maximum absolute atomic E-state index is 13.0. The fraction of sp³-hybridized carbons (Fsp3) is 0.364. The van der Waals surface area contributed by atoms with Gasteiger partial charge in [0.1, 0.15) is 5.75 Å². The van der Waals surface area contributed by atoms with Crippen LogP contribution in [0, 0.1) is 5.92 Å². The first-order chi connectivity index (χ1) is 13.5. The number of hydrogen-bond donors (Lipinski definition) is 1. The Morgan fingerprint density at radius 3 is 2.54 bits per heavy atom. The number of amides is 2. The Labute approximate surface area is 169 Å². The number of benzene rings is 2. The van der Waals surface area contributed by atoms with Crippen molar-refractivity contribution in [1.82, 2.24) is 5.32 Å². The van der Waals surface area contributed by atoms with Gasteiger partial charge >= 0.3 is 0 Å². The molecule has 0 bridgehead atoms. The molecule has 2 fully saturated rings. The monoisotopic (exact) mass is 398 g/mol. The molecule has 1 saturated carbocycles. The van der Waals surface area contributed by atoms with Crippen molar-refractivity contribution >= 4 is 29.1 Å². The molecule has 0 spiro atoms. The van der Waals surface area contributed by atoms with Crippen molar-refractivity contribution in [3.63, 3.8) is 0 Å². The van der Waals surface area contributed by atoms with Crippen LogP contribution in [0.3, 0.4) is 0 Å². The molecule has 1 aliphatic heterocycles.